The van der Waals surface area contributed by atoms with Gasteiger partial charge in [0.1, 0.15) is 34.8 Å². The van der Waals surface area contributed by atoms with E-state index >= 15 is 4.39 Å². The van der Waals surface area contributed by atoms with Crippen molar-refractivity contribution in [2.45, 2.75) is 38.7 Å². The van der Waals surface area contributed by atoms with Crippen LogP contribution in [0.25, 0.3) is 39.5 Å². The highest BCUT2D eigenvalue weighted by molar-refractivity contribution is 5.72. The fourth-order valence-electron chi connectivity index (χ4n) is 5.07. The minimum atomic E-state index is -4.07. The lowest BCUT2D eigenvalue weighted by Crippen LogP contribution is -2.21. The average molecular weight is 635 g/mol. The minimum absolute atomic E-state index is 0.0355. The molecule has 0 aliphatic heterocycles. The fraction of sp³-hybridized carbons (Fsp3) is 0.158. The average Bonchev–Trinajstić information content (AvgIpc) is 3.01. The van der Waals surface area contributed by atoms with Crippen molar-refractivity contribution in [3.05, 3.63) is 143 Å². The summed E-state index contributed by atoms with van der Waals surface area (Å²) >= 11 is 0. The molecule has 0 saturated carbocycles. The Labute approximate surface area is 262 Å². The van der Waals surface area contributed by atoms with Gasteiger partial charge in [-0.05, 0) is 89.2 Å². The number of hydrogen-bond acceptors (Lipinski definition) is 1. The summed E-state index contributed by atoms with van der Waals surface area (Å²) < 4.78 is 106. The molecule has 1 nitrogen and oxygen atoms in total. The molecule has 0 N–H and O–H groups in total. The normalized spacial score (nSPS) is 11.7. The third-order valence-corrected chi connectivity index (χ3v) is 7.51. The van der Waals surface area contributed by atoms with E-state index in [-0.39, 0.29) is 22.8 Å². The number of halogens is 7. The molecular formula is C38H29F7O. The summed E-state index contributed by atoms with van der Waals surface area (Å²) in [6, 6.07) is 21.7. The monoisotopic (exact) mass is 634 g/mol. The van der Waals surface area contributed by atoms with Gasteiger partial charge in [-0.25, -0.2) is 22.0 Å². The van der Waals surface area contributed by atoms with Crippen LogP contribution in [0.15, 0.2) is 103 Å². The molecule has 0 aliphatic carbocycles. The zero-order valence-corrected chi connectivity index (χ0v) is 24.8. The van der Waals surface area contributed by atoms with Crippen molar-refractivity contribution >= 4 is 6.08 Å². The van der Waals surface area contributed by atoms with E-state index < -0.39 is 46.5 Å². The molecule has 46 heavy (non-hydrogen) atoms. The first kappa shape index (κ1) is 32.5. The molecule has 5 aromatic rings. The van der Waals surface area contributed by atoms with Crippen molar-refractivity contribution < 1.29 is 35.5 Å². The maximum absolute atomic E-state index is 15.1. The van der Waals surface area contributed by atoms with Crippen LogP contribution in [-0.4, -0.2) is 6.11 Å². The van der Waals surface area contributed by atoms with Crippen molar-refractivity contribution in [1.29, 1.82) is 0 Å². The quantitative estimate of drug-likeness (QED) is 0.104. The lowest BCUT2D eigenvalue weighted by atomic mass is 9.97. The van der Waals surface area contributed by atoms with Gasteiger partial charge in [0.15, 0.2) is 0 Å². The number of unbranched alkanes of at least 4 members (excludes halogenated alkanes) is 2. The fourth-order valence-corrected chi connectivity index (χ4v) is 5.07. The van der Waals surface area contributed by atoms with E-state index in [0.29, 0.717) is 17.2 Å². The molecule has 0 unspecified atom stereocenters. The molecule has 0 fully saturated rings. The molecule has 0 bridgehead atoms. The van der Waals surface area contributed by atoms with Crippen LogP contribution in [-0.2, 0) is 6.42 Å². The molecule has 0 saturated heterocycles. The summed E-state index contributed by atoms with van der Waals surface area (Å²) in [6.07, 6.45) is 0.886. The van der Waals surface area contributed by atoms with Gasteiger partial charge in [-0.1, -0.05) is 68.3 Å². The van der Waals surface area contributed by atoms with Crippen LogP contribution in [0, 0.1) is 29.1 Å². The van der Waals surface area contributed by atoms with E-state index in [1.165, 1.54) is 35.9 Å². The second-order valence-electron chi connectivity index (χ2n) is 10.8. The molecule has 236 valence electrons. The first-order valence-corrected chi connectivity index (χ1v) is 14.7. The number of hydrogen-bond donors (Lipinski definition) is 0. The minimum Gasteiger partial charge on any atom is -0.429 e. The molecule has 0 radical (unpaired) electrons. The first-order valence-electron chi connectivity index (χ1n) is 14.7. The van der Waals surface area contributed by atoms with E-state index in [4.69, 9.17) is 0 Å². The van der Waals surface area contributed by atoms with Crippen molar-refractivity contribution in [3.63, 3.8) is 0 Å². The Morgan fingerprint density at radius 3 is 1.78 bits per heavy atom. The van der Waals surface area contributed by atoms with E-state index in [9.17, 15) is 26.3 Å². The number of aryl methyl sites for hydroxylation is 1. The Bertz CT molecular complexity index is 1820. The van der Waals surface area contributed by atoms with Crippen LogP contribution in [0.1, 0.15) is 37.3 Å². The highest BCUT2D eigenvalue weighted by Crippen LogP contribution is 2.33. The number of alkyl halides is 2. The maximum atomic E-state index is 15.1. The van der Waals surface area contributed by atoms with Crippen LogP contribution in [0.2, 0.25) is 0 Å². The Balaban J connectivity index is 1.29. The maximum Gasteiger partial charge on any atom is 0.419 e. The standard InChI is InChI=1S/C38H29F7O/c1-2-3-4-5-24-6-8-25(9-7-24)27-12-16-32(34(40)20-27)28-21-35(41)33(36(42)22-28)18-19-38(44,45)46-30-15-17-31(37(43)23-30)26-10-13-29(39)14-11-26/h6-23H,2-5H2,1H3. The second-order valence-corrected chi connectivity index (χ2v) is 10.8. The number of ether oxygens (including phenoxy) is 1. The lowest BCUT2D eigenvalue weighted by molar-refractivity contribution is -0.131. The predicted molar refractivity (Wildman–Crippen MR) is 167 cm³/mol. The van der Waals surface area contributed by atoms with Crippen LogP contribution in [0.3, 0.4) is 0 Å². The molecule has 0 aromatic heterocycles. The molecular weight excluding hydrogens is 605 g/mol. The Morgan fingerprint density at radius 2 is 1.15 bits per heavy atom. The van der Waals surface area contributed by atoms with Crippen molar-refractivity contribution in [1.82, 2.24) is 0 Å². The number of benzene rings is 5. The first-order chi connectivity index (χ1) is 22.0. The highest BCUT2D eigenvalue weighted by atomic mass is 19.3. The van der Waals surface area contributed by atoms with Crippen LogP contribution in [0.4, 0.5) is 30.7 Å². The molecule has 0 heterocycles. The van der Waals surface area contributed by atoms with Gasteiger partial charge < -0.3 is 4.74 Å². The van der Waals surface area contributed by atoms with Crippen LogP contribution in [0.5, 0.6) is 5.75 Å². The molecule has 0 amide bonds. The summed E-state index contributed by atoms with van der Waals surface area (Å²) in [5.74, 6) is -5.06. The lowest BCUT2D eigenvalue weighted by Gasteiger charge is -2.15. The Hall–Kier alpha value is -4.85. The molecule has 8 heteroatoms. The molecule has 5 rings (SSSR count). The zero-order valence-electron chi connectivity index (χ0n) is 24.8. The van der Waals surface area contributed by atoms with E-state index in [2.05, 4.69) is 11.7 Å². The van der Waals surface area contributed by atoms with Crippen molar-refractivity contribution in [3.8, 4) is 39.1 Å². The third kappa shape index (κ3) is 7.86. The van der Waals surface area contributed by atoms with Gasteiger partial charge in [0.05, 0.1) is 0 Å². The molecule has 0 aliphatic rings. The van der Waals surface area contributed by atoms with E-state index in [0.717, 1.165) is 67.6 Å². The third-order valence-electron chi connectivity index (χ3n) is 7.51. The number of rotatable bonds is 11. The largest absolute Gasteiger partial charge is 0.429 e. The topological polar surface area (TPSA) is 9.23 Å². The van der Waals surface area contributed by atoms with Gasteiger partial charge in [0, 0.05) is 28.8 Å². The summed E-state index contributed by atoms with van der Waals surface area (Å²) in [6.45, 7) is 2.14. The highest BCUT2D eigenvalue weighted by Gasteiger charge is 2.29. The summed E-state index contributed by atoms with van der Waals surface area (Å²) in [4.78, 5) is 0. The van der Waals surface area contributed by atoms with Crippen molar-refractivity contribution in [2.75, 3.05) is 0 Å². The van der Waals surface area contributed by atoms with Gasteiger partial charge in [0.2, 0.25) is 0 Å². The second kappa shape index (κ2) is 14.1. The van der Waals surface area contributed by atoms with Crippen LogP contribution < -0.4 is 4.74 Å². The van der Waals surface area contributed by atoms with E-state index in [1.807, 2.05) is 24.3 Å². The smallest absolute Gasteiger partial charge is 0.419 e. The predicted octanol–water partition coefficient (Wildman–Crippen LogP) is 11.8. The van der Waals surface area contributed by atoms with Gasteiger partial charge in [0.25, 0.3) is 0 Å². The summed E-state index contributed by atoms with van der Waals surface area (Å²) in [5, 5.41) is 0. The van der Waals surface area contributed by atoms with E-state index in [1.54, 1.807) is 6.07 Å². The van der Waals surface area contributed by atoms with Gasteiger partial charge in [-0.3, -0.25) is 0 Å². The van der Waals surface area contributed by atoms with Gasteiger partial charge >= 0.3 is 6.11 Å². The Kier molecular flexibility index (Phi) is 9.95. The molecule has 5 aromatic carbocycles. The van der Waals surface area contributed by atoms with Gasteiger partial charge in [-0.2, -0.15) is 8.78 Å². The van der Waals surface area contributed by atoms with Gasteiger partial charge in [-0.15, -0.1) is 0 Å². The van der Waals surface area contributed by atoms with Crippen LogP contribution >= 0.6 is 0 Å². The summed E-state index contributed by atoms with van der Waals surface area (Å²) in [7, 11) is 0. The van der Waals surface area contributed by atoms with Crippen molar-refractivity contribution in [2.24, 2.45) is 0 Å². The molecule has 0 spiro atoms. The Morgan fingerprint density at radius 1 is 0.587 bits per heavy atom. The summed E-state index contributed by atoms with van der Waals surface area (Å²) in [5.41, 5.74) is 1.96. The molecule has 0 atom stereocenters. The zero-order chi connectivity index (χ0) is 32.8. The SMILES string of the molecule is CCCCCc1ccc(-c2ccc(-c3cc(F)c(C=CC(F)(F)Oc4ccc(-c5ccc(F)cc5)c(F)c4)c(F)c3)c(F)c2)cc1.